The molecule has 3 aromatic rings. The Hall–Kier alpha value is -2.67. The molecule has 0 bridgehead atoms. The largest absolute Gasteiger partial charge is 0.454 e. The van der Waals surface area contributed by atoms with Crippen molar-refractivity contribution in [2.75, 3.05) is 6.79 Å². The summed E-state index contributed by atoms with van der Waals surface area (Å²) in [4.78, 5) is 3.38. The number of rotatable bonds is 0. The van der Waals surface area contributed by atoms with Crippen molar-refractivity contribution in [3.05, 3.63) is 35.4 Å². The molecule has 0 aliphatic carbocycles. The molecule has 0 atom stereocenters. The Bertz CT molecular complexity index is 871. The summed E-state index contributed by atoms with van der Waals surface area (Å²) in [5.41, 5.74) is 3.78. The average molecular weight is 250 g/mol. The van der Waals surface area contributed by atoms with Crippen LogP contribution in [0.15, 0.2) is 24.3 Å². The quantitative estimate of drug-likeness (QED) is 0.666. The van der Waals surface area contributed by atoms with E-state index >= 15 is 0 Å². The number of ether oxygens (including phenoxy) is 2. The van der Waals surface area contributed by atoms with E-state index in [9.17, 15) is 0 Å². The van der Waals surface area contributed by atoms with E-state index in [4.69, 9.17) is 14.7 Å². The topological polar surface area (TPSA) is 58.0 Å². The van der Waals surface area contributed by atoms with Crippen LogP contribution >= 0.6 is 0 Å². The fraction of sp³-hybridized carbons (Fsp3) is 0.133. The SMILES string of the molecule is Cc1cc(C#N)cc2c1[nH]c1cc3c(cc12)OCO3. The van der Waals surface area contributed by atoms with Crippen molar-refractivity contribution in [2.24, 2.45) is 0 Å². The zero-order chi connectivity index (χ0) is 13.0. The number of nitrogens with one attached hydrogen (secondary N) is 1. The number of nitriles is 1. The normalized spacial score (nSPS) is 13.1. The number of hydrogen-bond acceptors (Lipinski definition) is 3. The Morgan fingerprint density at radius 3 is 2.68 bits per heavy atom. The number of fused-ring (bicyclic) bond motifs is 4. The van der Waals surface area contributed by atoms with E-state index in [0.717, 1.165) is 38.9 Å². The summed E-state index contributed by atoms with van der Waals surface area (Å²) in [7, 11) is 0. The van der Waals surface area contributed by atoms with Crippen molar-refractivity contribution in [3.63, 3.8) is 0 Å². The lowest BCUT2D eigenvalue weighted by molar-refractivity contribution is 0.174. The van der Waals surface area contributed by atoms with Crippen LogP contribution in [0.25, 0.3) is 21.8 Å². The minimum Gasteiger partial charge on any atom is -0.454 e. The molecule has 0 unspecified atom stereocenters. The lowest BCUT2D eigenvalue weighted by Gasteiger charge is -1.98. The summed E-state index contributed by atoms with van der Waals surface area (Å²) < 4.78 is 10.8. The van der Waals surface area contributed by atoms with Crippen molar-refractivity contribution in [1.29, 1.82) is 5.26 Å². The van der Waals surface area contributed by atoms with Crippen LogP contribution in [0.4, 0.5) is 0 Å². The predicted molar refractivity (Wildman–Crippen MR) is 71.4 cm³/mol. The van der Waals surface area contributed by atoms with Crippen LogP contribution in [0.5, 0.6) is 11.5 Å². The number of benzene rings is 2. The Morgan fingerprint density at radius 1 is 1.11 bits per heavy atom. The molecule has 0 fully saturated rings. The van der Waals surface area contributed by atoms with Crippen molar-refractivity contribution < 1.29 is 9.47 Å². The van der Waals surface area contributed by atoms with Gasteiger partial charge in [0.1, 0.15) is 0 Å². The zero-order valence-electron chi connectivity index (χ0n) is 10.3. The second-order valence-electron chi connectivity index (χ2n) is 4.70. The van der Waals surface area contributed by atoms with E-state index in [1.165, 1.54) is 0 Å². The molecule has 4 heteroatoms. The van der Waals surface area contributed by atoms with E-state index in [0.29, 0.717) is 5.56 Å². The fourth-order valence-electron chi connectivity index (χ4n) is 2.63. The second-order valence-corrected chi connectivity index (χ2v) is 4.70. The van der Waals surface area contributed by atoms with Gasteiger partial charge in [-0.05, 0) is 30.7 Å². The van der Waals surface area contributed by atoms with Gasteiger partial charge >= 0.3 is 0 Å². The monoisotopic (exact) mass is 250 g/mol. The van der Waals surface area contributed by atoms with Crippen LogP contribution in [0.3, 0.4) is 0 Å². The Morgan fingerprint density at radius 2 is 1.89 bits per heavy atom. The second kappa shape index (κ2) is 3.42. The maximum Gasteiger partial charge on any atom is 0.231 e. The lowest BCUT2D eigenvalue weighted by atomic mass is 10.1. The highest BCUT2D eigenvalue weighted by atomic mass is 16.7. The van der Waals surface area contributed by atoms with Crippen molar-refractivity contribution >= 4 is 21.8 Å². The Kier molecular flexibility index (Phi) is 1.85. The van der Waals surface area contributed by atoms with Gasteiger partial charge in [-0.2, -0.15) is 5.26 Å². The summed E-state index contributed by atoms with van der Waals surface area (Å²) >= 11 is 0. The molecule has 4 rings (SSSR count). The van der Waals surface area contributed by atoms with Crippen LogP contribution in [0.2, 0.25) is 0 Å². The summed E-state index contributed by atoms with van der Waals surface area (Å²) in [6.07, 6.45) is 0. The number of aryl methyl sites for hydroxylation is 1. The van der Waals surface area contributed by atoms with Gasteiger partial charge in [0.2, 0.25) is 6.79 Å². The summed E-state index contributed by atoms with van der Waals surface area (Å²) in [5, 5.41) is 11.2. The average Bonchev–Trinajstić information content (AvgIpc) is 3.00. The molecule has 2 aromatic carbocycles. The van der Waals surface area contributed by atoms with E-state index < -0.39 is 0 Å². The smallest absolute Gasteiger partial charge is 0.231 e. The third-order valence-corrected chi connectivity index (χ3v) is 3.53. The first-order valence-electron chi connectivity index (χ1n) is 6.02. The van der Waals surface area contributed by atoms with E-state index in [-0.39, 0.29) is 6.79 Å². The number of aromatic amines is 1. The Balaban J connectivity index is 2.16. The molecule has 1 N–H and O–H groups in total. The standard InChI is InChI=1S/C15H10N2O2/c1-8-2-9(6-16)3-11-10-4-13-14(19-7-18-13)5-12(10)17-15(8)11/h2-5,17H,7H2,1H3. The van der Waals surface area contributed by atoms with Gasteiger partial charge in [0.05, 0.1) is 17.1 Å². The molecule has 0 radical (unpaired) electrons. The molecule has 92 valence electrons. The first-order chi connectivity index (χ1) is 9.26. The molecule has 1 aromatic heterocycles. The molecule has 0 saturated carbocycles. The molecule has 0 saturated heterocycles. The third-order valence-electron chi connectivity index (χ3n) is 3.53. The maximum absolute atomic E-state index is 9.08. The predicted octanol–water partition coefficient (Wildman–Crippen LogP) is 3.23. The van der Waals surface area contributed by atoms with Gasteiger partial charge < -0.3 is 14.5 Å². The molecular formula is C15H10N2O2. The highest BCUT2D eigenvalue weighted by Crippen LogP contribution is 2.39. The molecule has 0 amide bonds. The molecule has 2 heterocycles. The molecule has 1 aliphatic heterocycles. The van der Waals surface area contributed by atoms with Crippen LogP contribution < -0.4 is 9.47 Å². The highest BCUT2D eigenvalue weighted by molar-refractivity contribution is 6.09. The van der Waals surface area contributed by atoms with Crippen molar-refractivity contribution in [2.45, 2.75) is 6.92 Å². The van der Waals surface area contributed by atoms with Gasteiger partial charge in [0.25, 0.3) is 0 Å². The van der Waals surface area contributed by atoms with Crippen LogP contribution in [0.1, 0.15) is 11.1 Å². The van der Waals surface area contributed by atoms with Gasteiger partial charge in [-0.15, -0.1) is 0 Å². The fourth-order valence-corrected chi connectivity index (χ4v) is 2.63. The highest BCUT2D eigenvalue weighted by Gasteiger charge is 2.17. The summed E-state index contributed by atoms with van der Waals surface area (Å²) in [5.74, 6) is 1.52. The molecule has 1 aliphatic rings. The number of nitrogens with zero attached hydrogens (tertiary/aromatic N) is 1. The van der Waals surface area contributed by atoms with Gasteiger partial charge in [-0.25, -0.2) is 0 Å². The molecule has 0 spiro atoms. The zero-order valence-corrected chi connectivity index (χ0v) is 10.3. The number of H-pyrrole nitrogens is 1. The number of aromatic nitrogens is 1. The first-order valence-corrected chi connectivity index (χ1v) is 6.02. The summed E-state index contributed by atoms with van der Waals surface area (Å²) in [6, 6.07) is 9.91. The van der Waals surface area contributed by atoms with Crippen molar-refractivity contribution in [1.82, 2.24) is 4.98 Å². The minimum absolute atomic E-state index is 0.266. The van der Waals surface area contributed by atoms with Gasteiger partial charge in [-0.3, -0.25) is 0 Å². The van der Waals surface area contributed by atoms with Crippen LogP contribution in [0, 0.1) is 18.3 Å². The lowest BCUT2D eigenvalue weighted by Crippen LogP contribution is -1.92. The third kappa shape index (κ3) is 1.33. The Labute approximate surface area is 109 Å². The molecular weight excluding hydrogens is 240 g/mol. The van der Waals surface area contributed by atoms with E-state index in [1.54, 1.807) is 0 Å². The van der Waals surface area contributed by atoms with Gasteiger partial charge in [-0.1, -0.05) is 0 Å². The molecule has 19 heavy (non-hydrogen) atoms. The summed E-state index contributed by atoms with van der Waals surface area (Å²) in [6.45, 7) is 2.27. The van der Waals surface area contributed by atoms with Crippen molar-refractivity contribution in [3.8, 4) is 17.6 Å². The first kappa shape index (κ1) is 10.3. The van der Waals surface area contributed by atoms with E-state index in [2.05, 4.69) is 11.1 Å². The van der Waals surface area contributed by atoms with Crippen LogP contribution in [-0.2, 0) is 0 Å². The maximum atomic E-state index is 9.08. The number of hydrogen-bond donors (Lipinski definition) is 1. The van der Waals surface area contributed by atoms with Gasteiger partial charge in [0.15, 0.2) is 11.5 Å². The minimum atomic E-state index is 0.266. The molecule has 4 nitrogen and oxygen atoms in total. The van der Waals surface area contributed by atoms with Gasteiger partial charge in [0, 0.05) is 22.4 Å². The van der Waals surface area contributed by atoms with E-state index in [1.807, 2.05) is 31.2 Å². The van der Waals surface area contributed by atoms with Crippen LogP contribution in [-0.4, -0.2) is 11.8 Å².